The zero-order chi connectivity index (χ0) is 19.7. The second kappa shape index (κ2) is 11.0. The summed E-state index contributed by atoms with van der Waals surface area (Å²) in [5.41, 5.74) is 0.530. The Labute approximate surface area is 163 Å². The highest BCUT2D eigenvalue weighted by Gasteiger charge is 2.19. The molecule has 0 aliphatic carbocycles. The lowest BCUT2D eigenvalue weighted by molar-refractivity contribution is -0.862. The van der Waals surface area contributed by atoms with Gasteiger partial charge in [0.05, 0.1) is 17.1 Å². The van der Waals surface area contributed by atoms with Crippen molar-refractivity contribution in [3.8, 4) is 0 Å². The predicted molar refractivity (Wildman–Crippen MR) is 103 cm³/mol. The van der Waals surface area contributed by atoms with Crippen molar-refractivity contribution in [2.75, 3.05) is 32.0 Å². The van der Waals surface area contributed by atoms with Gasteiger partial charge in [0, 0.05) is 12.2 Å². The molecule has 1 aromatic rings. The minimum absolute atomic E-state index is 0.0696. The molecular weight excluding hydrogens is 379 g/mol. The highest BCUT2D eigenvalue weighted by Crippen LogP contribution is 2.24. The molecule has 0 aliphatic rings. The van der Waals surface area contributed by atoms with Gasteiger partial charge in [0.2, 0.25) is 5.91 Å². The Morgan fingerprint density at radius 3 is 2.38 bits per heavy atom. The van der Waals surface area contributed by atoms with E-state index in [2.05, 4.69) is 16.0 Å². The molecule has 7 nitrogen and oxygen atoms in total. The predicted octanol–water partition coefficient (Wildman–Crippen LogP) is 0.478. The monoisotopic (exact) mass is 403 g/mol. The van der Waals surface area contributed by atoms with Crippen molar-refractivity contribution >= 4 is 46.6 Å². The quantitative estimate of drug-likeness (QED) is 0.483. The second-order valence-electron chi connectivity index (χ2n) is 6.07. The number of anilines is 1. The molecular formula is C17H25Cl2N4O3+. The average Bonchev–Trinajstić information content (AvgIpc) is 2.55. The van der Waals surface area contributed by atoms with Crippen LogP contribution in [0.25, 0.3) is 0 Å². The molecule has 0 aromatic heterocycles. The number of rotatable bonds is 9. The first-order valence-corrected chi connectivity index (χ1v) is 9.11. The number of amides is 3. The van der Waals surface area contributed by atoms with Crippen LogP contribution in [0.2, 0.25) is 10.0 Å². The lowest BCUT2D eigenvalue weighted by atomic mass is 10.3. The number of hydrogen-bond acceptors (Lipinski definition) is 3. The van der Waals surface area contributed by atoms with E-state index in [9.17, 15) is 14.4 Å². The molecule has 1 aromatic carbocycles. The second-order valence-corrected chi connectivity index (χ2v) is 6.88. The normalized spacial score (nSPS) is 12.8. The third kappa shape index (κ3) is 8.03. The van der Waals surface area contributed by atoms with E-state index in [1.165, 1.54) is 0 Å². The van der Waals surface area contributed by atoms with Crippen molar-refractivity contribution in [2.24, 2.45) is 0 Å². The molecule has 3 amide bonds. The molecule has 144 valence electrons. The topological polar surface area (TPSA) is 91.7 Å². The van der Waals surface area contributed by atoms with Gasteiger partial charge in [0.25, 0.3) is 11.8 Å². The lowest BCUT2D eigenvalue weighted by Crippen LogP contribution is -3.11. The van der Waals surface area contributed by atoms with E-state index < -0.39 is 6.04 Å². The fraction of sp³-hybridized carbons (Fsp3) is 0.471. The summed E-state index contributed by atoms with van der Waals surface area (Å²) in [6.07, 6.45) is 0.827. The molecule has 4 N–H and O–H groups in total. The molecule has 0 saturated carbocycles. The molecule has 1 unspecified atom stereocenters. The number of quaternary nitrogens is 1. The number of benzene rings is 1. The summed E-state index contributed by atoms with van der Waals surface area (Å²) < 4.78 is 0. The van der Waals surface area contributed by atoms with Gasteiger partial charge >= 0.3 is 0 Å². The lowest BCUT2D eigenvalue weighted by Gasteiger charge is -2.17. The van der Waals surface area contributed by atoms with Crippen LogP contribution in [0, 0.1) is 0 Å². The fourth-order valence-corrected chi connectivity index (χ4v) is 2.45. The number of carbonyl (C=O) groups excluding carboxylic acids is 3. The van der Waals surface area contributed by atoms with Crippen molar-refractivity contribution in [3.05, 3.63) is 28.2 Å². The third-order valence-corrected chi connectivity index (χ3v) is 4.19. The van der Waals surface area contributed by atoms with Gasteiger partial charge in [-0.15, -0.1) is 0 Å². The first kappa shape index (κ1) is 22.2. The molecule has 9 heteroatoms. The Morgan fingerprint density at radius 1 is 1.12 bits per heavy atom. The molecule has 0 aliphatic heterocycles. The number of halogens is 2. The summed E-state index contributed by atoms with van der Waals surface area (Å²) in [6.45, 7) is 4.30. The zero-order valence-electron chi connectivity index (χ0n) is 15.1. The Kier molecular flexibility index (Phi) is 9.40. The largest absolute Gasteiger partial charge is 0.354 e. The summed E-state index contributed by atoms with van der Waals surface area (Å²) in [7, 11) is 1.72. The van der Waals surface area contributed by atoms with Crippen LogP contribution in [0.3, 0.4) is 0 Å². The van der Waals surface area contributed by atoms with Gasteiger partial charge in [0.1, 0.15) is 6.04 Å². The maximum absolute atomic E-state index is 12.0. The molecule has 26 heavy (non-hydrogen) atoms. The van der Waals surface area contributed by atoms with Gasteiger partial charge in [-0.3, -0.25) is 14.4 Å². The zero-order valence-corrected chi connectivity index (χ0v) is 16.6. The Bertz CT molecular complexity index is 655. The van der Waals surface area contributed by atoms with Crippen molar-refractivity contribution in [1.29, 1.82) is 0 Å². The number of nitrogens with one attached hydrogen (secondary N) is 4. The Hall–Kier alpha value is -1.83. The van der Waals surface area contributed by atoms with E-state index in [4.69, 9.17) is 23.2 Å². The molecule has 0 fully saturated rings. The van der Waals surface area contributed by atoms with E-state index in [1.54, 1.807) is 32.2 Å². The SMILES string of the molecule is CCCNC(=O)[C@H](C)NC(=O)C[NH+](C)CC(=O)Nc1ccc(Cl)c(Cl)c1. The summed E-state index contributed by atoms with van der Waals surface area (Å²) >= 11 is 11.7. The van der Waals surface area contributed by atoms with Crippen LogP contribution in [0.1, 0.15) is 20.3 Å². The van der Waals surface area contributed by atoms with Gasteiger partial charge in [-0.05, 0) is 31.5 Å². The summed E-state index contributed by atoms with van der Waals surface area (Å²) in [5.74, 6) is -0.790. The van der Waals surface area contributed by atoms with Crippen LogP contribution in [0.15, 0.2) is 18.2 Å². The standard InChI is InChI=1S/C17H24Cl2N4O3/c1-4-7-20-17(26)11(2)21-15(24)9-23(3)10-16(25)22-12-5-6-13(18)14(19)8-12/h5-6,8,11H,4,7,9-10H2,1-3H3,(H,20,26)(H,21,24)(H,22,25)/p+1/t11-/m0/s1. The maximum Gasteiger partial charge on any atom is 0.279 e. The summed E-state index contributed by atoms with van der Waals surface area (Å²) in [6, 6.07) is 4.17. The fourth-order valence-electron chi connectivity index (χ4n) is 2.15. The van der Waals surface area contributed by atoms with Gasteiger partial charge in [0.15, 0.2) is 13.1 Å². The minimum atomic E-state index is -0.619. The van der Waals surface area contributed by atoms with Crippen LogP contribution in [0.4, 0.5) is 5.69 Å². The Morgan fingerprint density at radius 2 is 1.77 bits per heavy atom. The molecule has 0 spiro atoms. The molecule has 0 saturated heterocycles. The summed E-state index contributed by atoms with van der Waals surface area (Å²) in [4.78, 5) is 36.5. The van der Waals surface area contributed by atoms with E-state index in [-0.39, 0.29) is 30.8 Å². The van der Waals surface area contributed by atoms with Crippen LogP contribution < -0.4 is 20.9 Å². The van der Waals surface area contributed by atoms with Gasteiger partial charge in [-0.1, -0.05) is 30.1 Å². The first-order valence-electron chi connectivity index (χ1n) is 8.36. The first-order chi connectivity index (χ1) is 12.2. The number of carbonyl (C=O) groups is 3. The van der Waals surface area contributed by atoms with Gasteiger partial charge < -0.3 is 20.9 Å². The van der Waals surface area contributed by atoms with Gasteiger partial charge in [-0.2, -0.15) is 0 Å². The maximum atomic E-state index is 12.0. The molecule has 0 bridgehead atoms. The highest BCUT2D eigenvalue weighted by atomic mass is 35.5. The number of hydrogen-bond donors (Lipinski definition) is 4. The smallest absolute Gasteiger partial charge is 0.279 e. The average molecular weight is 404 g/mol. The molecule has 0 radical (unpaired) electrons. The van der Waals surface area contributed by atoms with Gasteiger partial charge in [-0.25, -0.2) is 0 Å². The van der Waals surface area contributed by atoms with Crippen molar-refractivity contribution in [1.82, 2.24) is 10.6 Å². The van der Waals surface area contributed by atoms with Crippen molar-refractivity contribution < 1.29 is 19.3 Å². The van der Waals surface area contributed by atoms with E-state index in [1.807, 2.05) is 6.92 Å². The summed E-state index contributed by atoms with van der Waals surface area (Å²) in [5, 5.41) is 8.78. The van der Waals surface area contributed by atoms with Crippen LogP contribution >= 0.6 is 23.2 Å². The highest BCUT2D eigenvalue weighted by molar-refractivity contribution is 6.42. The van der Waals surface area contributed by atoms with Crippen LogP contribution in [-0.4, -0.2) is 50.4 Å². The molecule has 2 atom stereocenters. The van der Waals surface area contributed by atoms with Crippen molar-refractivity contribution in [2.45, 2.75) is 26.3 Å². The van der Waals surface area contributed by atoms with E-state index >= 15 is 0 Å². The number of likely N-dealkylation sites (N-methyl/N-ethyl adjacent to an activating group) is 1. The molecule has 1 rings (SSSR count). The Balaban J connectivity index is 2.41. The minimum Gasteiger partial charge on any atom is -0.354 e. The van der Waals surface area contributed by atoms with Crippen LogP contribution in [0.5, 0.6) is 0 Å². The van der Waals surface area contributed by atoms with E-state index in [0.717, 1.165) is 6.42 Å². The molecule has 0 heterocycles. The van der Waals surface area contributed by atoms with Crippen molar-refractivity contribution in [3.63, 3.8) is 0 Å². The van der Waals surface area contributed by atoms with E-state index in [0.29, 0.717) is 27.2 Å². The van der Waals surface area contributed by atoms with Crippen LogP contribution in [-0.2, 0) is 14.4 Å². The third-order valence-electron chi connectivity index (χ3n) is 3.45.